The Balaban J connectivity index is 2.97. The number of nitrogens with zero attached hydrogens (tertiary/aromatic N) is 2. The van der Waals surface area contributed by atoms with E-state index < -0.39 is 0 Å². The molecule has 0 atom stereocenters. The van der Waals surface area contributed by atoms with Crippen LogP contribution in [0.2, 0.25) is 0 Å². The maximum Gasteiger partial charge on any atom is 0.144 e. The van der Waals surface area contributed by atoms with Gasteiger partial charge in [-0.15, -0.1) is 0 Å². The zero-order chi connectivity index (χ0) is 8.72. The molecule has 0 aliphatic carbocycles. The predicted octanol–water partition coefficient (Wildman–Crippen LogP) is 1.45. The number of nitrogen functional groups attached to an aromatic ring is 1. The molecule has 3 N–H and O–H groups in total. The SMILES string of the molecule is Cc1[nH]c2ncnc(N)c2c1I. The Morgan fingerprint density at radius 1 is 1.50 bits per heavy atom. The maximum absolute atomic E-state index is 5.69. The van der Waals surface area contributed by atoms with Crippen molar-refractivity contribution in [2.75, 3.05) is 5.73 Å². The summed E-state index contributed by atoms with van der Waals surface area (Å²) in [6, 6.07) is 0. The summed E-state index contributed by atoms with van der Waals surface area (Å²) < 4.78 is 1.10. The van der Waals surface area contributed by atoms with Crippen molar-refractivity contribution >= 4 is 39.4 Å². The Morgan fingerprint density at radius 2 is 2.25 bits per heavy atom. The first-order valence-corrected chi connectivity index (χ1v) is 4.52. The lowest BCUT2D eigenvalue weighted by Crippen LogP contribution is -1.91. The molecular weight excluding hydrogens is 267 g/mol. The normalized spacial score (nSPS) is 10.8. The average molecular weight is 274 g/mol. The number of hydrogen-bond acceptors (Lipinski definition) is 3. The summed E-state index contributed by atoms with van der Waals surface area (Å²) in [7, 11) is 0. The number of anilines is 1. The van der Waals surface area contributed by atoms with Crippen molar-refractivity contribution in [2.24, 2.45) is 0 Å². The molecule has 2 aromatic rings. The fraction of sp³-hybridized carbons (Fsp3) is 0.143. The lowest BCUT2D eigenvalue weighted by molar-refractivity contribution is 1.19. The minimum atomic E-state index is 0.536. The lowest BCUT2D eigenvalue weighted by Gasteiger charge is -1.92. The zero-order valence-electron chi connectivity index (χ0n) is 6.43. The first kappa shape index (κ1) is 7.78. The van der Waals surface area contributed by atoms with E-state index >= 15 is 0 Å². The number of halogens is 1. The summed E-state index contributed by atoms with van der Waals surface area (Å²) in [6.45, 7) is 1.99. The third-order valence-corrected chi connectivity index (χ3v) is 3.08. The number of fused-ring (bicyclic) bond motifs is 1. The van der Waals surface area contributed by atoms with E-state index in [0.717, 1.165) is 20.3 Å². The number of aromatic amines is 1. The zero-order valence-corrected chi connectivity index (χ0v) is 8.58. The predicted molar refractivity (Wildman–Crippen MR) is 55.8 cm³/mol. The molecule has 2 heterocycles. The first-order chi connectivity index (χ1) is 5.70. The van der Waals surface area contributed by atoms with E-state index in [1.807, 2.05) is 6.92 Å². The van der Waals surface area contributed by atoms with Gasteiger partial charge in [-0.2, -0.15) is 0 Å². The van der Waals surface area contributed by atoms with Crippen LogP contribution < -0.4 is 5.73 Å². The van der Waals surface area contributed by atoms with Gasteiger partial charge in [0.05, 0.1) is 5.39 Å². The highest BCUT2D eigenvalue weighted by molar-refractivity contribution is 14.1. The molecule has 12 heavy (non-hydrogen) atoms. The van der Waals surface area contributed by atoms with Crippen LogP contribution in [0.3, 0.4) is 0 Å². The van der Waals surface area contributed by atoms with E-state index in [0.29, 0.717) is 5.82 Å². The number of hydrogen-bond donors (Lipinski definition) is 2. The summed E-state index contributed by atoms with van der Waals surface area (Å²) in [5.41, 5.74) is 7.59. The second-order valence-electron chi connectivity index (χ2n) is 2.55. The number of nitrogens with one attached hydrogen (secondary N) is 1. The smallest absolute Gasteiger partial charge is 0.144 e. The van der Waals surface area contributed by atoms with Gasteiger partial charge >= 0.3 is 0 Å². The molecule has 4 nitrogen and oxygen atoms in total. The van der Waals surface area contributed by atoms with Crippen molar-refractivity contribution in [1.82, 2.24) is 15.0 Å². The van der Waals surface area contributed by atoms with Crippen LogP contribution in [0.25, 0.3) is 11.0 Å². The molecule has 62 valence electrons. The highest BCUT2D eigenvalue weighted by Gasteiger charge is 2.09. The van der Waals surface area contributed by atoms with Crippen LogP contribution in [0.15, 0.2) is 6.33 Å². The van der Waals surface area contributed by atoms with Crippen LogP contribution in [-0.4, -0.2) is 15.0 Å². The molecule has 0 spiro atoms. The largest absolute Gasteiger partial charge is 0.383 e. The van der Waals surface area contributed by atoms with Crippen molar-refractivity contribution in [1.29, 1.82) is 0 Å². The van der Waals surface area contributed by atoms with Crippen molar-refractivity contribution < 1.29 is 0 Å². The first-order valence-electron chi connectivity index (χ1n) is 3.44. The highest BCUT2D eigenvalue weighted by Crippen LogP contribution is 2.25. The van der Waals surface area contributed by atoms with Gasteiger partial charge in [-0.1, -0.05) is 0 Å². The molecule has 0 aliphatic rings. The number of H-pyrrole nitrogens is 1. The molecule has 0 aromatic carbocycles. The number of rotatable bonds is 0. The minimum absolute atomic E-state index is 0.536. The molecule has 2 aromatic heterocycles. The summed E-state index contributed by atoms with van der Waals surface area (Å²) in [5.74, 6) is 0.536. The van der Waals surface area contributed by atoms with Gasteiger partial charge in [0.25, 0.3) is 0 Å². The van der Waals surface area contributed by atoms with E-state index in [2.05, 4.69) is 37.5 Å². The van der Waals surface area contributed by atoms with E-state index in [4.69, 9.17) is 5.73 Å². The van der Waals surface area contributed by atoms with Crippen LogP contribution in [0.4, 0.5) is 5.82 Å². The van der Waals surface area contributed by atoms with E-state index in [-0.39, 0.29) is 0 Å². The molecule has 0 unspecified atom stereocenters. The van der Waals surface area contributed by atoms with Gasteiger partial charge in [-0.05, 0) is 29.5 Å². The fourth-order valence-electron chi connectivity index (χ4n) is 1.13. The molecule has 0 saturated heterocycles. The second kappa shape index (κ2) is 2.58. The van der Waals surface area contributed by atoms with Crippen LogP contribution in [-0.2, 0) is 0 Å². The number of aryl methyl sites for hydroxylation is 1. The molecule has 0 fully saturated rings. The summed E-state index contributed by atoms with van der Waals surface area (Å²) in [6.07, 6.45) is 1.46. The van der Waals surface area contributed by atoms with Gasteiger partial charge in [0.1, 0.15) is 17.8 Å². The summed E-state index contributed by atoms with van der Waals surface area (Å²) in [4.78, 5) is 11.1. The standard InChI is InChI=1S/C7H7IN4/c1-3-5(8)4-6(9)10-2-11-7(4)12-3/h2H,1H3,(H3,9,10,11,12). The van der Waals surface area contributed by atoms with Crippen LogP contribution >= 0.6 is 22.6 Å². The van der Waals surface area contributed by atoms with Gasteiger partial charge in [-0.25, -0.2) is 9.97 Å². The average Bonchev–Trinajstić information content (AvgIpc) is 2.29. The van der Waals surface area contributed by atoms with Gasteiger partial charge in [0, 0.05) is 9.26 Å². The Labute approximate surface area is 82.7 Å². The van der Waals surface area contributed by atoms with Crippen LogP contribution in [0.5, 0.6) is 0 Å². The van der Waals surface area contributed by atoms with E-state index in [1.165, 1.54) is 6.33 Å². The molecule has 0 saturated carbocycles. The van der Waals surface area contributed by atoms with Crippen LogP contribution in [0.1, 0.15) is 5.69 Å². The van der Waals surface area contributed by atoms with Crippen molar-refractivity contribution in [3.8, 4) is 0 Å². The second-order valence-corrected chi connectivity index (χ2v) is 3.63. The Kier molecular flexibility index (Phi) is 1.67. The third kappa shape index (κ3) is 0.961. The highest BCUT2D eigenvalue weighted by atomic mass is 127. The van der Waals surface area contributed by atoms with Crippen LogP contribution in [0, 0.1) is 10.5 Å². The third-order valence-electron chi connectivity index (χ3n) is 1.73. The monoisotopic (exact) mass is 274 g/mol. The lowest BCUT2D eigenvalue weighted by atomic mass is 10.3. The number of nitrogens with two attached hydrogens (primary N) is 1. The molecule has 0 bridgehead atoms. The van der Waals surface area contributed by atoms with Crippen molar-refractivity contribution in [2.45, 2.75) is 6.92 Å². The molecule has 0 aliphatic heterocycles. The number of aromatic nitrogens is 3. The molecule has 5 heteroatoms. The van der Waals surface area contributed by atoms with Crippen molar-refractivity contribution in [3.63, 3.8) is 0 Å². The quantitative estimate of drug-likeness (QED) is 0.714. The van der Waals surface area contributed by atoms with Crippen molar-refractivity contribution in [3.05, 3.63) is 15.6 Å². The van der Waals surface area contributed by atoms with E-state index in [9.17, 15) is 0 Å². The van der Waals surface area contributed by atoms with Gasteiger partial charge in [-0.3, -0.25) is 0 Å². The Morgan fingerprint density at radius 3 is 2.92 bits per heavy atom. The molecule has 0 radical (unpaired) electrons. The maximum atomic E-state index is 5.69. The van der Waals surface area contributed by atoms with Gasteiger partial charge in [0.2, 0.25) is 0 Å². The van der Waals surface area contributed by atoms with Gasteiger partial charge in [0.15, 0.2) is 0 Å². The summed E-state index contributed by atoms with van der Waals surface area (Å²) in [5, 5.41) is 0.926. The van der Waals surface area contributed by atoms with Gasteiger partial charge < -0.3 is 10.7 Å². The minimum Gasteiger partial charge on any atom is -0.383 e. The Hall–Kier alpha value is -0.850. The molecular formula is C7H7IN4. The van der Waals surface area contributed by atoms with E-state index in [1.54, 1.807) is 0 Å². The Bertz CT molecular complexity index is 434. The summed E-state index contributed by atoms with van der Waals surface area (Å²) >= 11 is 2.23. The molecule has 2 rings (SSSR count). The topological polar surface area (TPSA) is 67.6 Å². The fourth-order valence-corrected chi connectivity index (χ4v) is 1.80. The molecule has 0 amide bonds.